The summed E-state index contributed by atoms with van der Waals surface area (Å²) in [6, 6.07) is 17.7. The highest BCUT2D eigenvalue weighted by molar-refractivity contribution is 14.1. The van der Waals surface area contributed by atoms with Crippen LogP contribution in [0.2, 0.25) is 0 Å². The van der Waals surface area contributed by atoms with Crippen molar-refractivity contribution in [2.45, 2.75) is 6.92 Å². The van der Waals surface area contributed by atoms with Crippen molar-refractivity contribution in [3.8, 4) is 0 Å². The van der Waals surface area contributed by atoms with Crippen molar-refractivity contribution in [3.05, 3.63) is 69.8 Å². The Hall–Kier alpha value is -1.82. The fourth-order valence-electron chi connectivity index (χ4n) is 1.80. The predicted octanol–water partition coefficient (Wildman–Crippen LogP) is 4.31. The van der Waals surface area contributed by atoms with Gasteiger partial charge in [0.1, 0.15) is 0 Å². The topological polar surface area (TPSA) is 38.3 Å². The number of carbonyl (C=O) groups excluding carboxylic acids is 1. The van der Waals surface area contributed by atoms with Crippen molar-refractivity contribution < 1.29 is 9.53 Å². The number of halogens is 1. The molecule has 2 aromatic carbocycles. The minimum absolute atomic E-state index is 0.352. The van der Waals surface area contributed by atoms with E-state index in [1.54, 1.807) is 6.92 Å². The molecule has 0 saturated carbocycles. The third kappa shape index (κ3) is 4.90. The van der Waals surface area contributed by atoms with Crippen LogP contribution in [0.1, 0.15) is 12.5 Å². The SMILES string of the molecule is CCOC(=O)/C=C(/Nc1ccc(I)cc1)c1ccccc1. The lowest BCUT2D eigenvalue weighted by Gasteiger charge is -2.11. The maximum Gasteiger partial charge on any atom is 0.332 e. The Morgan fingerprint density at radius 1 is 1.14 bits per heavy atom. The fourth-order valence-corrected chi connectivity index (χ4v) is 2.16. The molecule has 1 N–H and O–H groups in total. The summed E-state index contributed by atoms with van der Waals surface area (Å²) in [6.07, 6.45) is 1.48. The normalized spacial score (nSPS) is 11.0. The number of esters is 1. The fraction of sp³-hybridized carbons (Fsp3) is 0.118. The van der Waals surface area contributed by atoms with E-state index in [9.17, 15) is 4.79 Å². The van der Waals surface area contributed by atoms with Crippen molar-refractivity contribution >= 4 is 39.9 Å². The average molecular weight is 393 g/mol. The van der Waals surface area contributed by atoms with Gasteiger partial charge in [-0.1, -0.05) is 30.3 Å². The Bertz CT molecular complexity index is 621. The number of nitrogens with one attached hydrogen (secondary N) is 1. The Balaban J connectivity index is 2.28. The highest BCUT2D eigenvalue weighted by Crippen LogP contribution is 2.19. The summed E-state index contributed by atoms with van der Waals surface area (Å²) < 4.78 is 6.16. The van der Waals surface area contributed by atoms with Crippen LogP contribution in [-0.2, 0) is 9.53 Å². The van der Waals surface area contributed by atoms with E-state index in [0.29, 0.717) is 6.61 Å². The smallest absolute Gasteiger partial charge is 0.332 e. The molecular formula is C17H16INO2. The van der Waals surface area contributed by atoms with Gasteiger partial charge in [-0.25, -0.2) is 4.79 Å². The third-order valence-corrected chi connectivity index (χ3v) is 3.48. The summed E-state index contributed by atoms with van der Waals surface area (Å²) in [7, 11) is 0. The first-order valence-corrected chi connectivity index (χ1v) is 7.73. The Morgan fingerprint density at radius 2 is 1.81 bits per heavy atom. The molecule has 108 valence electrons. The minimum Gasteiger partial charge on any atom is -0.463 e. The van der Waals surface area contributed by atoms with Gasteiger partial charge in [-0.3, -0.25) is 0 Å². The highest BCUT2D eigenvalue weighted by Gasteiger charge is 2.06. The Kier molecular flexibility index (Phi) is 5.80. The van der Waals surface area contributed by atoms with Gasteiger partial charge in [-0.05, 0) is 59.3 Å². The van der Waals surface area contributed by atoms with E-state index in [4.69, 9.17) is 4.74 Å². The van der Waals surface area contributed by atoms with Crippen molar-refractivity contribution in [2.24, 2.45) is 0 Å². The Labute approximate surface area is 138 Å². The molecule has 0 aliphatic rings. The first-order chi connectivity index (χ1) is 10.2. The molecule has 0 heterocycles. The molecule has 2 aromatic rings. The molecule has 4 heteroatoms. The molecule has 0 saturated heterocycles. The molecular weight excluding hydrogens is 377 g/mol. The van der Waals surface area contributed by atoms with Gasteiger partial charge < -0.3 is 10.1 Å². The van der Waals surface area contributed by atoms with Gasteiger partial charge >= 0.3 is 5.97 Å². The van der Waals surface area contributed by atoms with Gasteiger partial charge in [0.15, 0.2) is 0 Å². The van der Waals surface area contributed by atoms with E-state index in [1.807, 2.05) is 54.6 Å². The monoisotopic (exact) mass is 393 g/mol. The number of benzene rings is 2. The second-order valence-electron chi connectivity index (χ2n) is 4.31. The summed E-state index contributed by atoms with van der Waals surface area (Å²) >= 11 is 2.26. The van der Waals surface area contributed by atoms with Gasteiger partial charge in [0.2, 0.25) is 0 Å². The second kappa shape index (κ2) is 7.83. The van der Waals surface area contributed by atoms with E-state index in [1.165, 1.54) is 6.08 Å². The summed E-state index contributed by atoms with van der Waals surface area (Å²) in [4.78, 5) is 11.7. The number of rotatable bonds is 5. The van der Waals surface area contributed by atoms with Gasteiger partial charge in [-0.2, -0.15) is 0 Å². The van der Waals surface area contributed by atoms with E-state index in [0.717, 1.165) is 20.5 Å². The lowest BCUT2D eigenvalue weighted by atomic mass is 10.1. The lowest BCUT2D eigenvalue weighted by Crippen LogP contribution is -2.05. The molecule has 0 aliphatic heterocycles. The molecule has 0 radical (unpaired) electrons. The highest BCUT2D eigenvalue weighted by atomic mass is 127. The van der Waals surface area contributed by atoms with Crippen LogP contribution >= 0.6 is 22.6 Å². The zero-order chi connectivity index (χ0) is 15.1. The van der Waals surface area contributed by atoms with Gasteiger partial charge in [-0.15, -0.1) is 0 Å². The summed E-state index contributed by atoms with van der Waals surface area (Å²) in [5.74, 6) is -0.352. The zero-order valence-electron chi connectivity index (χ0n) is 11.7. The second-order valence-corrected chi connectivity index (χ2v) is 5.55. The summed E-state index contributed by atoms with van der Waals surface area (Å²) in [6.45, 7) is 2.15. The van der Waals surface area contributed by atoms with Crippen LogP contribution in [0.5, 0.6) is 0 Å². The molecule has 3 nitrogen and oxygen atoms in total. The largest absolute Gasteiger partial charge is 0.463 e. The maximum absolute atomic E-state index is 11.7. The minimum atomic E-state index is -0.352. The van der Waals surface area contributed by atoms with E-state index < -0.39 is 0 Å². The molecule has 21 heavy (non-hydrogen) atoms. The number of carbonyl (C=O) groups is 1. The Morgan fingerprint density at radius 3 is 2.43 bits per heavy atom. The zero-order valence-corrected chi connectivity index (χ0v) is 13.8. The predicted molar refractivity (Wildman–Crippen MR) is 93.8 cm³/mol. The molecule has 0 atom stereocenters. The first kappa shape index (κ1) is 15.6. The van der Waals surface area contributed by atoms with Crippen LogP contribution < -0.4 is 5.32 Å². The number of hydrogen-bond donors (Lipinski definition) is 1. The van der Waals surface area contributed by atoms with Crippen LogP contribution in [0.25, 0.3) is 5.70 Å². The third-order valence-electron chi connectivity index (χ3n) is 2.76. The van der Waals surface area contributed by atoms with Crippen LogP contribution in [-0.4, -0.2) is 12.6 Å². The molecule has 0 fully saturated rings. The molecule has 0 aromatic heterocycles. The van der Waals surface area contributed by atoms with Gasteiger partial charge in [0.05, 0.1) is 12.3 Å². The van der Waals surface area contributed by atoms with Crippen molar-refractivity contribution in [3.63, 3.8) is 0 Å². The lowest BCUT2D eigenvalue weighted by molar-refractivity contribution is -0.137. The van der Waals surface area contributed by atoms with Crippen molar-refractivity contribution in [2.75, 3.05) is 11.9 Å². The van der Waals surface area contributed by atoms with Crippen LogP contribution in [0, 0.1) is 3.57 Å². The number of anilines is 1. The van der Waals surface area contributed by atoms with Gasteiger partial charge in [0, 0.05) is 15.3 Å². The molecule has 0 bridgehead atoms. The quantitative estimate of drug-likeness (QED) is 0.468. The number of hydrogen-bond acceptors (Lipinski definition) is 3. The van der Waals surface area contributed by atoms with Crippen LogP contribution in [0.3, 0.4) is 0 Å². The van der Waals surface area contributed by atoms with Crippen molar-refractivity contribution in [1.82, 2.24) is 0 Å². The number of ether oxygens (including phenoxy) is 1. The van der Waals surface area contributed by atoms with E-state index >= 15 is 0 Å². The summed E-state index contributed by atoms with van der Waals surface area (Å²) in [5.41, 5.74) is 2.58. The van der Waals surface area contributed by atoms with E-state index in [-0.39, 0.29) is 5.97 Å². The average Bonchev–Trinajstić information content (AvgIpc) is 2.50. The van der Waals surface area contributed by atoms with E-state index in [2.05, 4.69) is 27.9 Å². The molecule has 2 rings (SSSR count). The van der Waals surface area contributed by atoms with Crippen LogP contribution in [0.4, 0.5) is 5.69 Å². The first-order valence-electron chi connectivity index (χ1n) is 6.65. The maximum atomic E-state index is 11.7. The van der Waals surface area contributed by atoms with Crippen molar-refractivity contribution in [1.29, 1.82) is 0 Å². The summed E-state index contributed by atoms with van der Waals surface area (Å²) in [5, 5.41) is 3.27. The standard InChI is InChI=1S/C17H16INO2/c1-2-21-17(20)12-16(13-6-4-3-5-7-13)19-15-10-8-14(18)9-11-15/h3-12,19H,2H2,1H3/b16-12+. The molecule has 0 unspecified atom stereocenters. The van der Waals surface area contributed by atoms with Gasteiger partial charge in [0.25, 0.3) is 0 Å². The molecule has 0 amide bonds. The van der Waals surface area contributed by atoms with Crippen LogP contribution in [0.15, 0.2) is 60.7 Å². The molecule has 0 aliphatic carbocycles. The molecule has 0 spiro atoms.